The molecule has 0 unspecified atom stereocenters. The van der Waals surface area contributed by atoms with Gasteiger partial charge in [-0.1, -0.05) is 28.6 Å². The van der Waals surface area contributed by atoms with E-state index < -0.39 is 0 Å². The van der Waals surface area contributed by atoms with E-state index in [1.807, 2.05) is 18.2 Å². The van der Waals surface area contributed by atoms with Crippen LogP contribution in [0.25, 0.3) is 0 Å². The molecule has 0 atom stereocenters. The van der Waals surface area contributed by atoms with Gasteiger partial charge >= 0.3 is 0 Å². The smallest absolute Gasteiger partial charge is 0.271 e. The second-order valence-corrected chi connectivity index (χ2v) is 5.97. The minimum Gasteiger partial charge on any atom is -0.493 e. The third-order valence-corrected chi connectivity index (χ3v) is 3.84. The third-order valence-electron chi connectivity index (χ3n) is 3.34. The number of methoxy groups -OCH3 is 2. The first kappa shape index (κ1) is 19.5. The fourth-order valence-electron chi connectivity index (χ4n) is 2.10. The van der Waals surface area contributed by atoms with Crippen LogP contribution in [0.2, 0.25) is 0 Å². The first-order valence-electron chi connectivity index (χ1n) is 7.67. The van der Waals surface area contributed by atoms with Gasteiger partial charge in [-0.25, -0.2) is 5.43 Å². The summed E-state index contributed by atoms with van der Waals surface area (Å²) >= 11 is 3.40. The van der Waals surface area contributed by atoms with Gasteiger partial charge in [0.2, 0.25) is 0 Å². The largest absolute Gasteiger partial charge is 0.493 e. The van der Waals surface area contributed by atoms with Gasteiger partial charge < -0.3 is 14.2 Å². The third kappa shape index (κ3) is 5.10. The van der Waals surface area contributed by atoms with Crippen molar-refractivity contribution in [1.82, 2.24) is 5.43 Å². The molecule has 2 aromatic rings. The number of nitrogens with one attached hydrogen (secondary N) is 1. The second-order valence-electron chi connectivity index (χ2n) is 5.05. The summed E-state index contributed by atoms with van der Waals surface area (Å²) in [5.41, 5.74) is 3.60. The molecule has 1 amide bonds. The molecule has 0 radical (unpaired) electrons. The van der Waals surface area contributed by atoms with Gasteiger partial charge in [-0.3, -0.25) is 4.79 Å². The Balaban J connectivity index is 2.12. The van der Waals surface area contributed by atoms with Crippen LogP contribution in [0.1, 0.15) is 15.9 Å². The number of ether oxygens (including phenoxy) is 3. The highest BCUT2D eigenvalue weighted by molar-refractivity contribution is 9.10. The van der Waals surface area contributed by atoms with Gasteiger partial charge in [0.05, 0.1) is 20.4 Å². The maximum atomic E-state index is 12.3. The van der Waals surface area contributed by atoms with Crippen molar-refractivity contribution in [3.8, 4) is 17.2 Å². The van der Waals surface area contributed by atoms with Crippen molar-refractivity contribution >= 4 is 28.1 Å². The first-order valence-corrected chi connectivity index (χ1v) is 8.47. The number of rotatable bonds is 8. The molecule has 6 nitrogen and oxygen atoms in total. The Hall–Kier alpha value is -2.80. The minimum atomic E-state index is -0.370. The number of hydrazone groups is 1. The first-order chi connectivity index (χ1) is 12.6. The van der Waals surface area contributed by atoms with Crippen LogP contribution in [0.15, 0.2) is 58.6 Å². The molecule has 0 saturated carbocycles. The molecule has 1 N–H and O–H groups in total. The lowest BCUT2D eigenvalue weighted by Gasteiger charge is -2.09. The Bertz CT molecular complexity index is 821. The van der Waals surface area contributed by atoms with Crippen molar-refractivity contribution in [1.29, 1.82) is 0 Å². The lowest BCUT2D eigenvalue weighted by Crippen LogP contribution is -2.17. The second kappa shape index (κ2) is 9.62. The highest BCUT2D eigenvalue weighted by atomic mass is 79.9. The fraction of sp³-hybridized carbons (Fsp3) is 0.158. The molecule has 2 rings (SSSR count). The summed E-state index contributed by atoms with van der Waals surface area (Å²) in [5, 5.41) is 4.00. The van der Waals surface area contributed by atoms with E-state index in [1.165, 1.54) is 20.4 Å². The van der Waals surface area contributed by atoms with Gasteiger partial charge in [-0.05, 0) is 36.4 Å². The summed E-state index contributed by atoms with van der Waals surface area (Å²) in [7, 11) is 3.04. The van der Waals surface area contributed by atoms with E-state index >= 15 is 0 Å². The predicted molar refractivity (Wildman–Crippen MR) is 104 cm³/mol. The molecular formula is C19H19BrN2O4. The summed E-state index contributed by atoms with van der Waals surface area (Å²) < 4.78 is 16.8. The van der Waals surface area contributed by atoms with Crippen molar-refractivity contribution in [3.05, 3.63) is 64.7 Å². The highest BCUT2D eigenvalue weighted by Crippen LogP contribution is 2.27. The van der Waals surface area contributed by atoms with E-state index in [1.54, 1.807) is 24.3 Å². The van der Waals surface area contributed by atoms with E-state index in [0.717, 1.165) is 4.47 Å². The van der Waals surface area contributed by atoms with Gasteiger partial charge in [-0.15, -0.1) is 0 Å². The van der Waals surface area contributed by atoms with E-state index in [2.05, 4.69) is 33.0 Å². The SMILES string of the molecule is C=CCOc1ccc(Br)cc1/C=N\NC(=O)c1ccc(OC)c(OC)c1. The normalized spacial score (nSPS) is 10.4. The monoisotopic (exact) mass is 418 g/mol. The molecule has 0 fully saturated rings. The molecule has 0 spiro atoms. The lowest BCUT2D eigenvalue weighted by molar-refractivity contribution is 0.0954. The van der Waals surface area contributed by atoms with E-state index in [-0.39, 0.29) is 5.91 Å². The zero-order chi connectivity index (χ0) is 18.9. The number of carbonyl (C=O) groups is 1. The van der Waals surface area contributed by atoms with Crippen LogP contribution in [0.5, 0.6) is 17.2 Å². The number of amides is 1. The molecule has 0 heterocycles. The van der Waals surface area contributed by atoms with Crippen LogP contribution in [-0.4, -0.2) is 32.9 Å². The van der Waals surface area contributed by atoms with Gasteiger partial charge in [0.15, 0.2) is 11.5 Å². The van der Waals surface area contributed by atoms with Gasteiger partial charge in [-0.2, -0.15) is 5.10 Å². The Morgan fingerprint density at radius 3 is 2.58 bits per heavy atom. The molecule has 26 heavy (non-hydrogen) atoms. The van der Waals surface area contributed by atoms with Crippen LogP contribution in [-0.2, 0) is 0 Å². The lowest BCUT2D eigenvalue weighted by atomic mass is 10.2. The molecule has 2 aromatic carbocycles. The van der Waals surface area contributed by atoms with Crippen molar-refractivity contribution in [3.63, 3.8) is 0 Å². The summed E-state index contributed by atoms with van der Waals surface area (Å²) in [4.78, 5) is 12.3. The minimum absolute atomic E-state index is 0.370. The number of carbonyl (C=O) groups excluding carboxylic acids is 1. The number of halogens is 1. The van der Waals surface area contributed by atoms with E-state index in [9.17, 15) is 4.79 Å². The fourth-order valence-corrected chi connectivity index (χ4v) is 2.48. The van der Waals surface area contributed by atoms with Gasteiger partial charge in [0, 0.05) is 15.6 Å². The standard InChI is InChI=1S/C19H19BrN2O4/c1-4-9-26-16-8-6-15(20)10-14(16)12-21-22-19(23)13-5-7-17(24-2)18(11-13)25-3/h4-8,10-12H,1,9H2,2-3H3,(H,22,23)/b21-12-. The van der Waals surface area contributed by atoms with Gasteiger partial charge in [0.25, 0.3) is 5.91 Å². The van der Waals surface area contributed by atoms with Crippen LogP contribution in [0.4, 0.5) is 0 Å². The highest BCUT2D eigenvalue weighted by Gasteiger charge is 2.10. The topological polar surface area (TPSA) is 69.2 Å². The van der Waals surface area contributed by atoms with E-state index in [4.69, 9.17) is 14.2 Å². The van der Waals surface area contributed by atoms with Gasteiger partial charge in [0.1, 0.15) is 12.4 Å². The molecule has 0 aliphatic rings. The number of hydrogen-bond donors (Lipinski definition) is 1. The quantitative estimate of drug-likeness (QED) is 0.402. The molecule has 0 saturated heterocycles. The summed E-state index contributed by atoms with van der Waals surface area (Å²) in [6, 6.07) is 10.4. The molecular weight excluding hydrogens is 400 g/mol. The summed E-state index contributed by atoms with van der Waals surface area (Å²) in [6.07, 6.45) is 3.17. The Labute approximate surface area is 160 Å². The van der Waals surface area contributed by atoms with Crippen molar-refractivity contribution in [2.45, 2.75) is 0 Å². The van der Waals surface area contributed by atoms with Crippen LogP contribution < -0.4 is 19.6 Å². The zero-order valence-electron chi connectivity index (χ0n) is 14.5. The Kier molecular flexibility index (Phi) is 7.23. The molecule has 0 aliphatic carbocycles. The molecule has 0 aliphatic heterocycles. The molecule has 7 heteroatoms. The van der Waals surface area contributed by atoms with Crippen LogP contribution in [0.3, 0.4) is 0 Å². The van der Waals surface area contributed by atoms with Crippen LogP contribution in [0, 0.1) is 0 Å². The van der Waals surface area contributed by atoms with E-state index in [0.29, 0.717) is 35.0 Å². The number of hydrogen-bond acceptors (Lipinski definition) is 5. The van der Waals surface area contributed by atoms with Crippen molar-refractivity contribution in [2.24, 2.45) is 5.10 Å². The average Bonchev–Trinajstić information content (AvgIpc) is 2.66. The average molecular weight is 419 g/mol. The maximum absolute atomic E-state index is 12.3. The Morgan fingerprint density at radius 2 is 1.88 bits per heavy atom. The predicted octanol–water partition coefficient (Wildman–Crippen LogP) is 3.80. The zero-order valence-corrected chi connectivity index (χ0v) is 16.1. The van der Waals surface area contributed by atoms with Crippen LogP contribution >= 0.6 is 15.9 Å². The summed E-state index contributed by atoms with van der Waals surface area (Å²) in [6.45, 7) is 4.00. The van der Waals surface area contributed by atoms with Crippen molar-refractivity contribution < 1.29 is 19.0 Å². The maximum Gasteiger partial charge on any atom is 0.271 e. The van der Waals surface area contributed by atoms with Crippen molar-refractivity contribution in [2.75, 3.05) is 20.8 Å². The number of benzene rings is 2. The molecule has 0 bridgehead atoms. The Morgan fingerprint density at radius 1 is 1.15 bits per heavy atom. The molecule has 0 aromatic heterocycles. The molecule has 136 valence electrons. The summed E-state index contributed by atoms with van der Waals surface area (Å²) in [5.74, 6) is 1.28. The number of nitrogens with zero attached hydrogens (tertiary/aromatic N) is 1.